The minimum absolute atomic E-state index is 0.0943. The molecular formula is C12H13ClFNO. The molecule has 1 unspecified atom stereocenters. The number of ether oxygens (including phenoxy) is 1. The molecule has 86 valence electrons. The lowest BCUT2D eigenvalue weighted by Gasteiger charge is -2.06. The number of aliphatic imine (C=N–C) groups is 1. The first-order valence-corrected chi connectivity index (χ1v) is 5.62. The Balaban J connectivity index is 2.32. The van der Waals surface area contributed by atoms with E-state index in [1.165, 1.54) is 6.07 Å². The molecule has 0 spiro atoms. The molecule has 0 saturated carbocycles. The van der Waals surface area contributed by atoms with Gasteiger partial charge in [0.2, 0.25) is 5.90 Å². The fourth-order valence-electron chi connectivity index (χ4n) is 1.55. The Labute approximate surface area is 99.1 Å². The van der Waals surface area contributed by atoms with Crippen LogP contribution >= 0.6 is 11.6 Å². The van der Waals surface area contributed by atoms with E-state index >= 15 is 0 Å². The van der Waals surface area contributed by atoms with Gasteiger partial charge in [0.1, 0.15) is 6.61 Å². The fourth-order valence-corrected chi connectivity index (χ4v) is 1.72. The summed E-state index contributed by atoms with van der Waals surface area (Å²) in [6.45, 7) is 4.64. The number of halogens is 2. The molecule has 0 bridgehead atoms. The highest BCUT2D eigenvalue weighted by Gasteiger charge is 2.24. The molecule has 0 N–H and O–H groups in total. The van der Waals surface area contributed by atoms with Gasteiger partial charge >= 0.3 is 0 Å². The van der Waals surface area contributed by atoms with Gasteiger partial charge in [-0.2, -0.15) is 0 Å². The summed E-state index contributed by atoms with van der Waals surface area (Å²) in [5, 5.41) is 0.0943. The molecule has 1 aromatic carbocycles. The molecule has 1 atom stereocenters. The third-order valence-electron chi connectivity index (χ3n) is 2.63. The number of hydrogen-bond acceptors (Lipinski definition) is 2. The van der Waals surface area contributed by atoms with Crippen LogP contribution in [0.3, 0.4) is 0 Å². The zero-order valence-electron chi connectivity index (χ0n) is 9.21. The van der Waals surface area contributed by atoms with Gasteiger partial charge < -0.3 is 4.74 Å². The second-order valence-electron chi connectivity index (χ2n) is 4.16. The number of nitrogens with zero attached hydrogens (tertiary/aromatic N) is 1. The fraction of sp³-hybridized carbons (Fsp3) is 0.417. The van der Waals surface area contributed by atoms with Crippen molar-refractivity contribution in [3.63, 3.8) is 0 Å². The zero-order chi connectivity index (χ0) is 11.7. The maximum atomic E-state index is 13.7. The Morgan fingerprint density at radius 2 is 2.25 bits per heavy atom. The predicted octanol–water partition coefficient (Wildman–Crippen LogP) is 3.28. The number of benzene rings is 1. The van der Waals surface area contributed by atoms with Gasteiger partial charge in [-0.3, -0.25) is 0 Å². The van der Waals surface area contributed by atoms with Gasteiger partial charge in [0.25, 0.3) is 0 Å². The summed E-state index contributed by atoms with van der Waals surface area (Å²) in [5.74, 6) is 0.283. The van der Waals surface area contributed by atoms with Crippen molar-refractivity contribution in [2.75, 3.05) is 6.61 Å². The van der Waals surface area contributed by atoms with E-state index in [1.54, 1.807) is 12.1 Å². The van der Waals surface area contributed by atoms with Gasteiger partial charge in [-0.25, -0.2) is 9.38 Å². The first-order valence-electron chi connectivity index (χ1n) is 5.24. The molecule has 0 radical (unpaired) electrons. The first-order chi connectivity index (χ1) is 7.59. The van der Waals surface area contributed by atoms with Crippen molar-refractivity contribution < 1.29 is 9.13 Å². The van der Waals surface area contributed by atoms with E-state index in [9.17, 15) is 4.39 Å². The van der Waals surface area contributed by atoms with Crippen LogP contribution in [-0.4, -0.2) is 18.5 Å². The highest BCUT2D eigenvalue weighted by molar-refractivity contribution is 6.31. The summed E-state index contributed by atoms with van der Waals surface area (Å²) < 4.78 is 19.1. The van der Waals surface area contributed by atoms with Crippen LogP contribution in [0.2, 0.25) is 5.02 Å². The van der Waals surface area contributed by atoms with E-state index in [-0.39, 0.29) is 11.1 Å². The van der Waals surface area contributed by atoms with Crippen LogP contribution in [0.4, 0.5) is 4.39 Å². The van der Waals surface area contributed by atoms with Crippen molar-refractivity contribution in [2.45, 2.75) is 19.9 Å². The van der Waals surface area contributed by atoms with Gasteiger partial charge in [-0.05, 0) is 18.1 Å². The maximum Gasteiger partial charge on any atom is 0.219 e. The molecule has 16 heavy (non-hydrogen) atoms. The molecule has 2 rings (SSSR count). The molecule has 1 aliphatic rings. The lowest BCUT2D eigenvalue weighted by molar-refractivity contribution is 0.291. The Hall–Kier alpha value is -1.09. The van der Waals surface area contributed by atoms with Crippen molar-refractivity contribution in [1.82, 2.24) is 0 Å². The summed E-state index contributed by atoms with van der Waals surface area (Å²) in [6.07, 6.45) is 0. The summed E-state index contributed by atoms with van der Waals surface area (Å²) in [7, 11) is 0. The zero-order valence-corrected chi connectivity index (χ0v) is 9.96. The molecule has 2 nitrogen and oxygen atoms in total. The Bertz CT molecular complexity index is 431. The molecule has 1 aliphatic heterocycles. The number of rotatable bonds is 2. The molecule has 0 amide bonds. The van der Waals surface area contributed by atoms with E-state index < -0.39 is 5.82 Å². The molecule has 1 aromatic rings. The smallest absolute Gasteiger partial charge is 0.219 e. The van der Waals surface area contributed by atoms with Gasteiger partial charge in [0.15, 0.2) is 5.82 Å². The number of hydrogen-bond donors (Lipinski definition) is 0. The quantitative estimate of drug-likeness (QED) is 0.779. The van der Waals surface area contributed by atoms with E-state index in [0.717, 1.165) is 0 Å². The van der Waals surface area contributed by atoms with Crippen LogP contribution in [0, 0.1) is 11.7 Å². The van der Waals surface area contributed by atoms with Crippen LogP contribution in [-0.2, 0) is 4.74 Å². The van der Waals surface area contributed by atoms with Gasteiger partial charge in [-0.15, -0.1) is 0 Å². The predicted molar refractivity (Wildman–Crippen MR) is 62.5 cm³/mol. The Morgan fingerprint density at radius 3 is 2.88 bits per heavy atom. The SMILES string of the molecule is CC(C)C1COC(c2cccc(Cl)c2F)=N1. The summed E-state index contributed by atoms with van der Waals surface area (Å²) in [5.41, 5.74) is 0.343. The monoisotopic (exact) mass is 241 g/mol. The standard InChI is InChI=1S/C12H13ClFNO/c1-7(2)10-6-16-12(15-10)8-4-3-5-9(13)11(8)14/h3-5,7,10H,6H2,1-2H3. The lowest BCUT2D eigenvalue weighted by Crippen LogP contribution is -2.13. The Kier molecular flexibility index (Phi) is 3.15. The molecule has 4 heteroatoms. The van der Waals surface area contributed by atoms with Gasteiger partial charge in [0, 0.05) is 0 Å². The van der Waals surface area contributed by atoms with Crippen LogP contribution in [0.5, 0.6) is 0 Å². The van der Waals surface area contributed by atoms with Crippen molar-refractivity contribution >= 4 is 17.5 Å². The van der Waals surface area contributed by atoms with Crippen LogP contribution < -0.4 is 0 Å². The summed E-state index contributed by atoms with van der Waals surface area (Å²) in [6, 6.07) is 4.93. The molecular weight excluding hydrogens is 229 g/mol. The highest BCUT2D eigenvalue weighted by atomic mass is 35.5. The third-order valence-corrected chi connectivity index (χ3v) is 2.92. The van der Waals surface area contributed by atoms with Crippen molar-refractivity contribution in [3.05, 3.63) is 34.6 Å². The minimum atomic E-state index is -0.465. The van der Waals surface area contributed by atoms with E-state index in [0.29, 0.717) is 24.0 Å². The Morgan fingerprint density at radius 1 is 1.50 bits per heavy atom. The molecule has 0 fully saturated rings. The second-order valence-corrected chi connectivity index (χ2v) is 4.57. The van der Waals surface area contributed by atoms with Crippen LogP contribution in [0.15, 0.2) is 23.2 Å². The van der Waals surface area contributed by atoms with Gasteiger partial charge in [0.05, 0.1) is 16.6 Å². The van der Waals surface area contributed by atoms with E-state index in [2.05, 4.69) is 18.8 Å². The van der Waals surface area contributed by atoms with Crippen molar-refractivity contribution in [2.24, 2.45) is 10.9 Å². The van der Waals surface area contributed by atoms with Crippen molar-refractivity contribution in [1.29, 1.82) is 0 Å². The van der Waals surface area contributed by atoms with E-state index in [4.69, 9.17) is 16.3 Å². The molecule has 0 aliphatic carbocycles. The molecule has 0 saturated heterocycles. The summed E-state index contributed by atoms with van der Waals surface area (Å²) in [4.78, 5) is 4.36. The lowest BCUT2D eigenvalue weighted by atomic mass is 10.1. The normalized spacial score (nSPS) is 19.8. The average molecular weight is 242 g/mol. The summed E-state index contributed by atoms with van der Waals surface area (Å²) >= 11 is 5.71. The second kappa shape index (κ2) is 4.42. The largest absolute Gasteiger partial charge is 0.475 e. The third kappa shape index (κ3) is 2.05. The van der Waals surface area contributed by atoms with Crippen LogP contribution in [0.1, 0.15) is 19.4 Å². The average Bonchev–Trinajstić information content (AvgIpc) is 2.71. The minimum Gasteiger partial charge on any atom is -0.475 e. The highest BCUT2D eigenvalue weighted by Crippen LogP contribution is 2.23. The van der Waals surface area contributed by atoms with E-state index in [1.807, 2.05) is 0 Å². The topological polar surface area (TPSA) is 21.6 Å². The molecule has 0 aromatic heterocycles. The first kappa shape index (κ1) is 11.4. The van der Waals surface area contributed by atoms with Crippen LogP contribution in [0.25, 0.3) is 0 Å². The maximum absolute atomic E-state index is 13.7. The molecule has 1 heterocycles. The van der Waals surface area contributed by atoms with Crippen molar-refractivity contribution in [3.8, 4) is 0 Å². The van der Waals surface area contributed by atoms with Gasteiger partial charge in [-0.1, -0.05) is 31.5 Å².